The van der Waals surface area contributed by atoms with E-state index in [1.54, 1.807) is 36.4 Å². The second-order valence-electron chi connectivity index (χ2n) is 5.21. The molecule has 27 heavy (non-hydrogen) atoms. The van der Waals surface area contributed by atoms with Gasteiger partial charge in [0.15, 0.2) is 13.2 Å². The van der Waals surface area contributed by atoms with Crippen molar-refractivity contribution in [3.05, 3.63) is 59.6 Å². The number of ether oxygens (including phenoxy) is 2. The monoisotopic (exact) mass is 387 g/mol. The fourth-order valence-corrected chi connectivity index (χ4v) is 2.20. The van der Waals surface area contributed by atoms with Gasteiger partial charge in [0, 0.05) is 5.56 Å². The molecule has 0 atom stereocenters. The third-order valence-corrected chi connectivity index (χ3v) is 3.55. The Labute approximate surface area is 159 Å². The van der Waals surface area contributed by atoms with Crippen molar-refractivity contribution in [3.63, 3.8) is 0 Å². The van der Waals surface area contributed by atoms with Gasteiger partial charge in [0.1, 0.15) is 5.75 Å². The summed E-state index contributed by atoms with van der Waals surface area (Å²) in [7, 11) is 0. The molecule has 0 bridgehead atoms. The van der Waals surface area contributed by atoms with Crippen LogP contribution in [0.5, 0.6) is 5.75 Å². The van der Waals surface area contributed by atoms with Crippen molar-refractivity contribution in [2.45, 2.75) is 0 Å². The Morgan fingerprint density at radius 3 is 2.52 bits per heavy atom. The Morgan fingerprint density at radius 1 is 1.00 bits per heavy atom. The van der Waals surface area contributed by atoms with E-state index in [0.29, 0.717) is 16.3 Å². The molecule has 0 aliphatic carbocycles. The van der Waals surface area contributed by atoms with Crippen molar-refractivity contribution in [1.29, 1.82) is 0 Å². The molecular formula is C18H14ClN3O5. The van der Waals surface area contributed by atoms with Crippen molar-refractivity contribution in [3.8, 4) is 17.2 Å². The van der Waals surface area contributed by atoms with Crippen LogP contribution in [0, 0.1) is 0 Å². The number of hydrogen-bond donors (Lipinski definition) is 1. The minimum atomic E-state index is -0.722. The van der Waals surface area contributed by atoms with Crippen LogP contribution in [0.1, 0.15) is 0 Å². The molecule has 0 aliphatic heterocycles. The summed E-state index contributed by atoms with van der Waals surface area (Å²) in [6.45, 7) is -0.899. The van der Waals surface area contributed by atoms with E-state index >= 15 is 0 Å². The van der Waals surface area contributed by atoms with Crippen LogP contribution < -0.4 is 10.1 Å². The normalized spacial score (nSPS) is 10.3. The van der Waals surface area contributed by atoms with Crippen LogP contribution in [0.2, 0.25) is 5.02 Å². The van der Waals surface area contributed by atoms with Gasteiger partial charge in [-0.1, -0.05) is 47.0 Å². The molecule has 1 heterocycles. The average molecular weight is 388 g/mol. The molecule has 0 radical (unpaired) electrons. The Morgan fingerprint density at radius 2 is 1.74 bits per heavy atom. The number of aromatic nitrogens is 2. The van der Waals surface area contributed by atoms with Gasteiger partial charge < -0.3 is 13.9 Å². The fraction of sp³-hybridized carbons (Fsp3) is 0.111. The molecule has 3 aromatic rings. The minimum absolute atomic E-state index is 0.0952. The molecule has 2 aromatic carbocycles. The Balaban J connectivity index is 1.44. The van der Waals surface area contributed by atoms with Gasteiger partial charge in [-0.2, -0.15) is 0 Å². The number of nitrogens with one attached hydrogen (secondary N) is 1. The highest BCUT2D eigenvalue weighted by Gasteiger charge is 2.13. The highest BCUT2D eigenvalue weighted by Crippen LogP contribution is 2.23. The molecule has 9 heteroatoms. The lowest BCUT2D eigenvalue weighted by Crippen LogP contribution is -2.23. The third kappa shape index (κ3) is 5.29. The van der Waals surface area contributed by atoms with Crippen molar-refractivity contribution < 1.29 is 23.5 Å². The fourth-order valence-electron chi connectivity index (χ4n) is 2.01. The van der Waals surface area contributed by atoms with Crippen molar-refractivity contribution in [2.24, 2.45) is 0 Å². The molecule has 138 valence electrons. The molecule has 3 rings (SSSR count). The zero-order valence-corrected chi connectivity index (χ0v) is 14.7. The molecule has 0 unspecified atom stereocenters. The van der Waals surface area contributed by atoms with Crippen LogP contribution >= 0.6 is 11.6 Å². The predicted molar refractivity (Wildman–Crippen MR) is 96.3 cm³/mol. The van der Waals surface area contributed by atoms with Crippen molar-refractivity contribution >= 4 is 29.5 Å². The van der Waals surface area contributed by atoms with Gasteiger partial charge in [-0.3, -0.25) is 10.1 Å². The molecule has 0 fully saturated rings. The maximum atomic E-state index is 11.8. The highest BCUT2D eigenvalue weighted by atomic mass is 35.5. The van der Waals surface area contributed by atoms with E-state index in [1.807, 2.05) is 18.2 Å². The minimum Gasteiger partial charge on any atom is -0.480 e. The van der Waals surface area contributed by atoms with Gasteiger partial charge in [0.2, 0.25) is 5.89 Å². The molecule has 8 nitrogen and oxygen atoms in total. The molecule has 0 saturated carbocycles. The summed E-state index contributed by atoms with van der Waals surface area (Å²) in [5, 5.41) is 10.3. The van der Waals surface area contributed by atoms with E-state index in [2.05, 4.69) is 15.5 Å². The smallest absolute Gasteiger partial charge is 0.344 e. The van der Waals surface area contributed by atoms with Crippen LogP contribution in [0.25, 0.3) is 11.5 Å². The second kappa shape index (κ2) is 8.81. The van der Waals surface area contributed by atoms with Gasteiger partial charge in [0.25, 0.3) is 5.91 Å². The molecule has 0 saturated heterocycles. The number of nitrogens with zero attached hydrogens (tertiary/aromatic N) is 2. The first-order chi connectivity index (χ1) is 13.1. The summed E-state index contributed by atoms with van der Waals surface area (Å²) in [4.78, 5) is 23.5. The number of benzene rings is 2. The van der Waals surface area contributed by atoms with Gasteiger partial charge in [-0.25, -0.2) is 4.79 Å². The molecular weight excluding hydrogens is 374 g/mol. The van der Waals surface area contributed by atoms with Gasteiger partial charge in [-0.15, -0.1) is 5.10 Å². The number of halogens is 1. The first-order valence-corrected chi connectivity index (χ1v) is 8.21. The Hall–Kier alpha value is -3.39. The van der Waals surface area contributed by atoms with E-state index in [0.717, 1.165) is 0 Å². The maximum absolute atomic E-state index is 11.8. The van der Waals surface area contributed by atoms with Crippen LogP contribution in [-0.4, -0.2) is 35.3 Å². The largest absolute Gasteiger partial charge is 0.480 e. The zero-order valence-electron chi connectivity index (χ0n) is 13.9. The molecule has 0 aliphatic rings. The lowest BCUT2D eigenvalue weighted by molar-refractivity contribution is -0.149. The Kier molecular flexibility index (Phi) is 6.01. The topological polar surface area (TPSA) is 104 Å². The Bertz CT molecular complexity index is 930. The first kappa shape index (κ1) is 18.4. The summed E-state index contributed by atoms with van der Waals surface area (Å²) < 4.78 is 15.4. The summed E-state index contributed by atoms with van der Waals surface area (Å²) in [6.07, 6.45) is 0. The number of carbonyl (C=O) groups is 2. The molecule has 1 N–H and O–H groups in total. The van der Waals surface area contributed by atoms with Gasteiger partial charge >= 0.3 is 12.0 Å². The number of carbonyl (C=O) groups excluding carboxylic acids is 2. The zero-order chi connectivity index (χ0) is 19.1. The lowest BCUT2D eigenvalue weighted by atomic mass is 10.2. The number of anilines is 1. The van der Waals surface area contributed by atoms with E-state index in [1.165, 1.54) is 0 Å². The second-order valence-corrected chi connectivity index (χ2v) is 5.61. The molecule has 1 amide bonds. The van der Waals surface area contributed by atoms with Crippen LogP contribution in [0.15, 0.2) is 59.0 Å². The van der Waals surface area contributed by atoms with Crippen LogP contribution in [0.3, 0.4) is 0 Å². The summed E-state index contributed by atoms with van der Waals surface area (Å²) in [5.74, 6) is -0.735. The predicted octanol–water partition coefficient (Wildman–Crippen LogP) is 2.95. The summed E-state index contributed by atoms with van der Waals surface area (Å²) in [6, 6.07) is 15.7. The van der Waals surface area contributed by atoms with Crippen molar-refractivity contribution in [2.75, 3.05) is 18.5 Å². The standard InChI is InChI=1S/C18H14ClN3O5/c19-13-8-4-5-9-14(13)25-11-16(24)26-10-15(23)20-18-22-21-17(27-18)12-6-2-1-3-7-12/h1-9H,10-11H2,(H,20,22,23). The number of rotatable bonds is 7. The van der Waals surface area contributed by atoms with Gasteiger partial charge in [0.05, 0.1) is 5.02 Å². The van der Waals surface area contributed by atoms with E-state index in [4.69, 9.17) is 25.5 Å². The maximum Gasteiger partial charge on any atom is 0.344 e. The summed E-state index contributed by atoms with van der Waals surface area (Å²) in [5.41, 5.74) is 0.716. The van der Waals surface area contributed by atoms with E-state index < -0.39 is 18.5 Å². The number of para-hydroxylation sites is 1. The summed E-state index contributed by atoms with van der Waals surface area (Å²) >= 11 is 5.91. The highest BCUT2D eigenvalue weighted by molar-refractivity contribution is 6.32. The van der Waals surface area contributed by atoms with Crippen LogP contribution in [0.4, 0.5) is 6.01 Å². The molecule has 0 spiro atoms. The van der Waals surface area contributed by atoms with E-state index in [9.17, 15) is 9.59 Å². The van der Waals surface area contributed by atoms with Gasteiger partial charge in [-0.05, 0) is 24.3 Å². The average Bonchev–Trinajstić information content (AvgIpc) is 3.15. The number of hydrogen-bond acceptors (Lipinski definition) is 7. The number of esters is 1. The van der Waals surface area contributed by atoms with Crippen LogP contribution in [-0.2, 0) is 14.3 Å². The number of amides is 1. The lowest BCUT2D eigenvalue weighted by Gasteiger charge is -2.07. The van der Waals surface area contributed by atoms with Crippen molar-refractivity contribution in [1.82, 2.24) is 10.2 Å². The molecule has 1 aromatic heterocycles. The quantitative estimate of drug-likeness (QED) is 0.621. The van der Waals surface area contributed by atoms with E-state index in [-0.39, 0.29) is 18.5 Å². The third-order valence-electron chi connectivity index (χ3n) is 3.24. The SMILES string of the molecule is O=C(COC(=O)COc1ccccc1Cl)Nc1nnc(-c2ccccc2)o1. The first-order valence-electron chi connectivity index (χ1n) is 7.83.